The minimum Gasteiger partial charge on any atom is -0.497 e. The zero-order chi connectivity index (χ0) is 23.1. The highest BCUT2D eigenvalue weighted by Gasteiger charge is 2.30. The van der Waals surface area contributed by atoms with E-state index in [2.05, 4.69) is 10.1 Å². The summed E-state index contributed by atoms with van der Waals surface area (Å²) in [6.45, 7) is 4.16. The fourth-order valence-electron chi connectivity index (χ4n) is 4.26. The van der Waals surface area contributed by atoms with Crippen LogP contribution in [0.1, 0.15) is 27.6 Å². The Hall–Kier alpha value is -4.20. The van der Waals surface area contributed by atoms with Gasteiger partial charge in [0.25, 0.3) is 11.5 Å². The number of ether oxygens (including phenoxy) is 1. The maximum atomic E-state index is 13.5. The number of aryl methyl sites for hydroxylation is 2. The Labute approximate surface area is 190 Å². The number of carbonyl (C=O) groups is 1. The summed E-state index contributed by atoms with van der Waals surface area (Å²) in [4.78, 5) is 32.1. The van der Waals surface area contributed by atoms with Crippen LogP contribution in [-0.2, 0) is 6.42 Å². The topological polar surface area (TPSA) is 82.2 Å². The molecule has 0 N–H and O–H groups in total. The van der Waals surface area contributed by atoms with Crippen molar-refractivity contribution in [1.29, 1.82) is 0 Å². The SMILES string of the molecule is COc1ccc(-n2ncc3c2C(=O)N(c2ccc(-n4c(C)nc(C)cc4=O)cc2)CC3)cc1. The molecule has 3 heterocycles. The largest absolute Gasteiger partial charge is 0.497 e. The van der Waals surface area contributed by atoms with E-state index >= 15 is 0 Å². The standard InChI is InChI=1S/C25H23N5O3/c1-16-14-23(31)29(17(2)27-16)20-6-4-19(5-7-20)28-13-12-18-15-26-30(24(18)25(28)32)21-8-10-22(33-3)11-9-21/h4-11,14-15H,12-13H2,1-3H3. The number of aromatic nitrogens is 4. The highest BCUT2D eigenvalue weighted by molar-refractivity contribution is 6.07. The molecule has 0 bridgehead atoms. The molecule has 1 amide bonds. The summed E-state index contributed by atoms with van der Waals surface area (Å²) in [6, 6.07) is 16.3. The number of rotatable bonds is 4. The van der Waals surface area contributed by atoms with Crippen molar-refractivity contribution in [2.75, 3.05) is 18.6 Å². The predicted octanol–water partition coefficient (Wildman–Crippen LogP) is 3.25. The lowest BCUT2D eigenvalue weighted by molar-refractivity contribution is 0.0973. The van der Waals surface area contributed by atoms with Crippen LogP contribution in [-0.4, -0.2) is 38.9 Å². The molecule has 4 aromatic rings. The highest BCUT2D eigenvalue weighted by Crippen LogP contribution is 2.27. The number of hydrogen-bond donors (Lipinski definition) is 0. The number of carbonyl (C=O) groups excluding carboxylic acids is 1. The van der Waals surface area contributed by atoms with Crippen LogP contribution in [0.3, 0.4) is 0 Å². The second-order valence-electron chi connectivity index (χ2n) is 7.97. The third-order valence-corrected chi connectivity index (χ3v) is 5.85. The predicted molar refractivity (Wildman–Crippen MR) is 125 cm³/mol. The van der Waals surface area contributed by atoms with E-state index in [0.717, 1.165) is 22.7 Å². The average molecular weight is 441 g/mol. The number of anilines is 1. The first kappa shape index (κ1) is 20.7. The van der Waals surface area contributed by atoms with Gasteiger partial charge in [-0.3, -0.25) is 14.2 Å². The third kappa shape index (κ3) is 3.59. The quantitative estimate of drug-likeness (QED) is 0.486. The summed E-state index contributed by atoms with van der Waals surface area (Å²) in [5.74, 6) is 1.25. The zero-order valence-electron chi connectivity index (χ0n) is 18.6. The van der Waals surface area contributed by atoms with E-state index in [4.69, 9.17) is 4.74 Å². The molecule has 166 valence electrons. The second-order valence-corrected chi connectivity index (χ2v) is 7.97. The van der Waals surface area contributed by atoms with Gasteiger partial charge in [0.15, 0.2) is 0 Å². The summed E-state index contributed by atoms with van der Waals surface area (Å²) in [6.07, 6.45) is 2.47. The van der Waals surface area contributed by atoms with Gasteiger partial charge in [0.2, 0.25) is 0 Å². The van der Waals surface area contributed by atoms with Gasteiger partial charge in [-0.1, -0.05) is 0 Å². The monoisotopic (exact) mass is 441 g/mol. The van der Waals surface area contributed by atoms with Gasteiger partial charge in [0.05, 0.1) is 24.7 Å². The summed E-state index contributed by atoms with van der Waals surface area (Å²) < 4.78 is 8.47. The van der Waals surface area contributed by atoms with E-state index in [9.17, 15) is 9.59 Å². The van der Waals surface area contributed by atoms with Gasteiger partial charge in [-0.05, 0) is 68.8 Å². The molecule has 8 heteroatoms. The van der Waals surface area contributed by atoms with Crippen molar-refractivity contribution in [1.82, 2.24) is 19.3 Å². The lowest BCUT2D eigenvalue weighted by atomic mass is 10.1. The Kier molecular flexibility index (Phi) is 5.05. The Morgan fingerprint density at radius 2 is 1.58 bits per heavy atom. The minimum atomic E-state index is -0.130. The van der Waals surface area contributed by atoms with Crippen LogP contribution in [0.15, 0.2) is 65.6 Å². The van der Waals surface area contributed by atoms with Crippen molar-refractivity contribution in [2.24, 2.45) is 0 Å². The molecule has 0 radical (unpaired) electrons. The summed E-state index contributed by atoms with van der Waals surface area (Å²) in [5.41, 5.74) is 4.32. The summed E-state index contributed by atoms with van der Waals surface area (Å²) in [5, 5.41) is 4.47. The molecular weight excluding hydrogens is 418 g/mol. The molecule has 5 rings (SSSR count). The van der Waals surface area contributed by atoms with Crippen molar-refractivity contribution in [3.63, 3.8) is 0 Å². The summed E-state index contributed by atoms with van der Waals surface area (Å²) in [7, 11) is 1.62. The Morgan fingerprint density at radius 3 is 2.24 bits per heavy atom. The van der Waals surface area contributed by atoms with E-state index in [0.29, 0.717) is 35.9 Å². The number of amides is 1. The van der Waals surface area contributed by atoms with E-state index in [1.54, 1.807) is 41.3 Å². The molecule has 1 aliphatic heterocycles. The first-order valence-corrected chi connectivity index (χ1v) is 10.7. The highest BCUT2D eigenvalue weighted by atomic mass is 16.5. The molecule has 2 aromatic heterocycles. The van der Waals surface area contributed by atoms with Gasteiger partial charge in [0.1, 0.15) is 17.3 Å². The fourth-order valence-corrected chi connectivity index (χ4v) is 4.26. The molecule has 0 unspecified atom stereocenters. The van der Waals surface area contributed by atoms with E-state index in [1.807, 2.05) is 48.5 Å². The molecule has 0 aliphatic carbocycles. The van der Waals surface area contributed by atoms with Gasteiger partial charge in [0, 0.05) is 29.6 Å². The van der Waals surface area contributed by atoms with Crippen molar-refractivity contribution < 1.29 is 9.53 Å². The number of hydrogen-bond acceptors (Lipinski definition) is 5. The molecule has 33 heavy (non-hydrogen) atoms. The number of nitrogens with zero attached hydrogens (tertiary/aromatic N) is 5. The first-order chi connectivity index (χ1) is 16.0. The normalized spacial score (nSPS) is 13.2. The number of benzene rings is 2. The van der Waals surface area contributed by atoms with Crippen LogP contribution < -0.4 is 15.2 Å². The van der Waals surface area contributed by atoms with Crippen LogP contribution in [0.25, 0.3) is 11.4 Å². The molecule has 0 fully saturated rings. The first-order valence-electron chi connectivity index (χ1n) is 10.7. The average Bonchev–Trinajstić information content (AvgIpc) is 3.24. The van der Waals surface area contributed by atoms with Crippen molar-refractivity contribution in [3.8, 4) is 17.1 Å². The maximum Gasteiger partial charge on any atom is 0.277 e. The van der Waals surface area contributed by atoms with Crippen molar-refractivity contribution >= 4 is 11.6 Å². The fraction of sp³-hybridized carbons (Fsp3) is 0.200. The van der Waals surface area contributed by atoms with Gasteiger partial charge >= 0.3 is 0 Å². The van der Waals surface area contributed by atoms with Crippen LogP contribution in [0, 0.1) is 13.8 Å². The van der Waals surface area contributed by atoms with Crippen molar-refractivity contribution in [2.45, 2.75) is 20.3 Å². The Morgan fingerprint density at radius 1 is 0.909 bits per heavy atom. The van der Waals surface area contributed by atoms with Gasteiger partial charge in [-0.2, -0.15) is 5.10 Å². The third-order valence-electron chi connectivity index (χ3n) is 5.85. The lowest BCUT2D eigenvalue weighted by Crippen LogP contribution is -2.38. The number of fused-ring (bicyclic) bond motifs is 1. The molecule has 0 atom stereocenters. The van der Waals surface area contributed by atoms with E-state index in [-0.39, 0.29) is 11.5 Å². The van der Waals surface area contributed by atoms with Gasteiger partial charge in [-0.25, -0.2) is 9.67 Å². The van der Waals surface area contributed by atoms with E-state index < -0.39 is 0 Å². The van der Waals surface area contributed by atoms with E-state index in [1.165, 1.54) is 6.07 Å². The molecule has 2 aromatic carbocycles. The molecule has 0 saturated heterocycles. The molecular formula is C25H23N5O3. The van der Waals surface area contributed by atoms with Crippen LogP contribution in [0.5, 0.6) is 5.75 Å². The molecule has 8 nitrogen and oxygen atoms in total. The molecule has 0 saturated carbocycles. The van der Waals surface area contributed by atoms with Gasteiger partial charge in [-0.15, -0.1) is 0 Å². The lowest BCUT2D eigenvalue weighted by Gasteiger charge is -2.27. The maximum absolute atomic E-state index is 13.5. The zero-order valence-corrected chi connectivity index (χ0v) is 18.6. The summed E-state index contributed by atoms with van der Waals surface area (Å²) >= 11 is 0. The minimum absolute atomic E-state index is 0.109. The smallest absolute Gasteiger partial charge is 0.277 e. The van der Waals surface area contributed by atoms with Crippen LogP contribution >= 0.6 is 0 Å². The molecule has 0 spiro atoms. The van der Waals surface area contributed by atoms with Crippen molar-refractivity contribution in [3.05, 3.63) is 93.9 Å². The Balaban J connectivity index is 1.47. The second kappa shape index (κ2) is 8.05. The van der Waals surface area contributed by atoms with Crippen LogP contribution in [0.2, 0.25) is 0 Å². The number of methoxy groups -OCH3 is 1. The molecule has 1 aliphatic rings. The Bertz CT molecular complexity index is 1400. The van der Waals surface area contributed by atoms with Crippen LogP contribution in [0.4, 0.5) is 5.69 Å². The van der Waals surface area contributed by atoms with Gasteiger partial charge < -0.3 is 9.64 Å².